The number of methoxy groups -OCH3 is 2. The van der Waals surface area contributed by atoms with E-state index in [1.54, 1.807) is 68.8 Å². The quantitative estimate of drug-likeness (QED) is 0.0476. The predicted molar refractivity (Wildman–Crippen MR) is 328 cm³/mol. The monoisotopic (exact) mass is 1280 g/mol. The summed E-state index contributed by atoms with van der Waals surface area (Å²) < 4.78 is 28.8. The molecule has 8 N–H and O–H groups in total. The minimum absolute atomic E-state index is 0.110. The summed E-state index contributed by atoms with van der Waals surface area (Å²) in [6.45, 7) is 14.0. The van der Waals surface area contributed by atoms with E-state index in [2.05, 4.69) is 16.0 Å². The molecule has 8 amide bonds. The number of nitrogens with one attached hydrogen (secondary N) is 3. The smallest absolute Gasteiger partial charge is 0.410 e. The van der Waals surface area contributed by atoms with E-state index in [1.165, 1.54) is 39.5 Å². The number of benzene rings is 2. The van der Waals surface area contributed by atoms with Gasteiger partial charge in [-0.2, -0.15) is 0 Å². The van der Waals surface area contributed by atoms with Crippen LogP contribution in [0.5, 0.6) is 5.75 Å². The van der Waals surface area contributed by atoms with E-state index >= 15 is 0 Å². The Kier molecular flexibility index (Phi) is 28.0. The SMILES string of the molecule is CC[C@H](C)[C@@H]([C@@H](CC(=O)N1CCCC1[C@H](OC)[C@@H](C)C(=O)N[C@H](C)[C@@H](O)c1ccccc1)OC)N(C)C(=O)[C@@H](CC(=O)[C@H](C(C)C)N(C)C(=O)OCc1ccc(O[C@@H]2O[C@H](C(=O)O)[C@@H](O)[C@H](O)[C@H]2O)c(NC(=O)CCNC(=O)CCN2C(=O)C=CC2=O)c1)C(C)C. The number of amides is 8. The van der Waals surface area contributed by atoms with Crippen molar-refractivity contribution in [1.82, 2.24) is 30.2 Å². The first-order valence-corrected chi connectivity index (χ1v) is 30.9. The van der Waals surface area contributed by atoms with Gasteiger partial charge in [-0.05, 0) is 60.8 Å². The molecule has 3 heterocycles. The molecule has 27 heteroatoms. The number of carboxylic acids is 1. The number of aliphatic hydroxyl groups excluding tert-OH is 4. The average Bonchev–Trinajstić information content (AvgIpc) is 1.12. The molecule has 3 aliphatic rings. The van der Waals surface area contributed by atoms with Gasteiger partial charge in [-0.1, -0.05) is 91.3 Å². The number of imide groups is 1. The van der Waals surface area contributed by atoms with Crippen LogP contribution in [0.1, 0.15) is 118 Å². The molecular formula is C64H93N7O20. The highest BCUT2D eigenvalue weighted by molar-refractivity contribution is 6.13. The third-order valence-corrected chi connectivity index (χ3v) is 17.3. The Morgan fingerprint density at radius 3 is 2.05 bits per heavy atom. The maximum atomic E-state index is 14.9. The highest BCUT2D eigenvalue weighted by atomic mass is 16.7. The van der Waals surface area contributed by atoms with Crippen LogP contribution < -0.4 is 20.7 Å². The number of hydrogen-bond donors (Lipinski definition) is 8. The van der Waals surface area contributed by atoms with E-state index in [0.717, 1.165) is 22.0 Å². The first-order chi connectivity index (χ1) is 43.0. The van der Waals surface area contributed by atoms with Crippen molar-refractivity contribution >= 4 is 64.9 Å². The number of aliphatic carboxylic acids is 1. The van der Waals surface area contributed by atoms with Crippen molar-refractivity contribution in [1.29, 1.82) is 0 Å². The summed E-state index contributed by atoms with van der Waals surface area (Å²) in [7, 11) is 6.00. The number of ether oxygens (including phenoxy) is 5. The first-order valence-electron chi connectivity index (χ1n) is 30.9. The molecule has 5 rings (SSSR count). The Bertz CT molecular complexity index is 2880. The number of hydrogen-bond acceptors (Lipinski definition) is 19. The van der Waals surface area contributed by atoms with Crippen molar-refractivity contribution in [3.8, 4) is 5.75 Å². The van der Waals surface area contributed by atoms with E-state index in [9.17, 15) is 73.5 Å². The maximum absolute atomic E-state index is 14.9. The molecule has 15 atom stereocenters. The number of likely N-dealkylation sites (tertiary alicyclic amines) is 1. The van der Waals surface area contributed by atoms with Gasteiger partial charge in [-0.15, -0.1) is 0 Å². The summed E-state index contributed by atoms with van der Waals surface area (Å²) in [5, 5.41) is 60.0. The third-order valence-electron chi connectivity index (χ3n) is 17.3. The molecule has 3 aliphatic heterocycles. The number of carboxylic acid groups (broad SMARTS) is 1. The van der Waals surface area contributed by atoms with Crippen LogP contribution in [0.3, 0.4) is 0 Å². The van der Waals surface area contributed by atoms with E-state index in [1.807, 2.05) is 33.8 Å². The summed E-state index contributed by atoms with van der Waals surface area (Å²) in [6, 6.07) is 10.2. The van der Waals surface area contributed by atoms with E-state index in [-0.39, 0.29) is 85.3 Å². The van der Waals surface area contributed by atoms with Gasteiger partial charge >= 0.3 is 12.1 Å². The Morgan fingerprint density at radius 1 is 0.802 bits per heavy atom. The summed E-state index contributed by atoms with van der Waals surface area (Å²) in [5.41, 5.74) is 0.748. The normalized spacial score (nSPS) is 22.0. The molecular weight excluding hydrogens is 1190 g/mol. The van der Waals surface area contributed by atoms with Crippen molar-refractivity contribution in [2.45, 2.75) is 180 Å². The maximum Gasteiger partial charge on any atom is 0.410 e. The fraction of sp³-hybridized carbons (Fsp3) is 0.625. The molecule has 0 aromatic heterocycles. The van der Waals surface area contributed by atoms with Crippen LogP contribution in [0.15, 0.2) is 60.7 Å². The fourth-order valence-electron chi connectivity index (χ4n) is 11.9. The molecule has 2 saturated heterocycles. The lowest BCUT2D eigenvalue weighted by Crippen LogP contribution is -2.61. The molecule has 91 heavy (non-hydrogen) atoms. The second-order valence-corrected chi connectivity index (χ2v) is 24.4. The fourth-order valence-corrected chi connectivity index (χ4v) is 11.9. The molecule has 2 aromatic rings. The third kappa shape index (κ3) is 19.3. The van der Waals surface area contributed by atoms with Crippen LogP contribution >= 0.6 is 0 Å². The topological polar surface area (TPSA) is 367 Å². The molecule has 0 aliphatic carbocycles. The zero-order valence-corrected chi connectivity index (χ0v) is 54.0. The number of ketones is 1. The van der Waals surface area contributed by atoms with Crippen LogP contribution in [0.4, 0.5) is 10.5 Å². The summed E-state index contributed by atoms with van der Waals surface area (Å²) in [6.07, 6.45) is -10.3. The van der Waals surface area contributed by atoms with Crippen molar-refractivity contribution in [3.05, 3.63) is 71.8 Å². The molecule has 0 radical (unpaired) electrons. The van der Waals surface area contributed by atoms with Gasteiger partial charge in [0, 0.05) is 85.3 Å². The Morgan fingerprint density at radius 2 is 1.46 bits per heavy atom. The number of aliphatic hydroxyl groups is 4. The van der Waals surface area contributed by atoms with Gasteiger partial charge < -0.3 is 79.9 Å². The second-order valence-electron chi connectivity index (χ2n) is 24.4. The zero-order chi connectivity index (χ0) is 67.7. The number of carbonyl (C=O) groups is 10. The van der Waals surface area contributed by atoms with E-state index in [4.69, 9.17) is 23.7 Å². The van der Waals surface area contributed by atoms with Crippen molar-refractivity contribution in [2.75, 3.05) is 53.3 Å². The highest BCUT2D eigenvalue weighted by Crippen LogP contribution is 2.34. The standard InChI is InChI=1S/C64H93N7O20/c1-13-36(6)53(46(87-11)32-51(77)70-28-17-20-43(70)58(88-12)37(7)60(82)66-38(8)54(78)40-18-15-14-16-19-40)68(9)61(83)41(34(2)3)31-44(72)52(35(4)5)69(10)64(86)89-33-39-21-22-45(90-63-57(81)55(79)56(80)59(91-63)62(84)85)42(30-39)67-48(74)25-27-65-47(73)26-29-71-49(75)23-24-50(71)76/h14-16,18-19,21-24,30,34-38,41,43,46,52-59,63,78-81H,13,17,20,25-29,31-33H2,1-12H3,(H,65,73)(H,66,82)(H,67,74)(H,84,85)/t36-,37+,38+,41-,43?,46+,52-,53-,54+,55-,56-,57+,58+,59-,63+/m0/s1. The summed E-state index contributed by atoms with van der Waals surface area (Å²) >= 11 is 0. The van der Waals surface area contributed by atoms with Gasteiger partial charge in [0.2, 0.25) is 35.8 Å². The lowest BCUT2D eigenvalue weighted by Gasteiger charge is -2.41. The van der Waals surface area contributed by atoms with Crippen LogP contribution in [-0.2, 0) is 68.7 Å². The van der Waals surface area contributed by atoms with Crippen LogP contribution in [-0.4, -0.2) is 219 Å². The minimum atomic E-state index is -2.03. The number of nitrogens with zero attached hydrogens (tertiary/aromatic N) is 4. The van der Waals surface area contributed by atoms with Crippen LogP contribution in [0.2, 0.25) is 0 Å². The second kappa shape index (κ2) is 34.3. The largest absolute Gasteiger partial charge is 0.479 e. The number of rotatable bonds is 33. The Labute approximate surface area is 531 Å². The Balaban J connectivity index is 1.26. The molecule has 2 fully saturated rings. The predicted octanol–water partition coefficient (Wildman–Crippen LogP) is 2.70. The van der Waals surface area contributed by atoms with Gasteiger partial charge in [0.1, 0.15) is 30.7 Å². The highest BCUT2D eigenvalue weighted by Gasteiger charge is 2.49. The molecule has 0 bridgehead atoms. The van der Waals surface area contributed by atoms with Gasteiger partial charge in [-0.3, -0.25) is 43.3 Å². The van der Waals surface area contributed by atoms with Crippen molar-refractivity contribution < 1.29 is 97.2 Å². The van der Waals surface area contributed by atoms with Crippen molar-refractivity contribution in [3.63, 3.8) is 0 Å². The van der Waals surface area contributed by atoms with Gasteiger partial charge in [0.25, 0.3) is 11.8 Å². The van der Waals surface area contributed by atoms with Gasteiger partial charge in [0.05, 0.1) is 60.5 Å². The lowest BCUT2D eigenvalue weighted by molar-refractivity contribution is -0.271. The molecule has 0 saturated carbocycles. The first kappa shape index (κ1) is 74.3. The summed E-state index contributed by atoms with van der Waals surface area (Å²) in [4.78, 5) is 138. The van der Waals surface area contributed by atoms with Crippen molar-refractivity contribution in [2.24, 2.45) is 29.6 Å². The molecule has 0 spiro atoms. The van der Waals surface area contributed by atoms with Gasteiger partial charge in [0.15, 0.2) is 11.9 Å². The van der Waals surface area contributed by atoms with Crippen LogP contribution in [0.25, 0.3) is 0 Å². The number of anilines is 1. The van der Waals surface area contributed by atoms with Crippen LogP contribution in [0, 0.1) is 29.6 Å². The van der Waals surface area contributed by atoms with E-state index < -0.39 is 139 Å². The number of carbonyl (C=O) groups excluding carboxylic acids is 9. The number of likely N-dealkylation sites (N-methyl/N-ethyl adjacent to an activating group) is 2. The van der Waals surface area contributed by atoms with E-state index in [0.29, 0.717) is 31.4 Å². The molecule has 1 unspecified atom stereocenters. The minimum Gasteiger partial charge on any atom is -0.479 e. The molecule has 504 valence electrons. The number of Topliss-reactive ketones (excluding diaryl/α,β-unsaturated/α-hetero) is 1. The molecule has 2 aromatic carbocycles. The lowest BCUT2D eigenvalue weighted by atomic mass is 9.83. The summed E-state index contributed by atoms with van der Waals surface area (Å²) in [5.74, 6) is -8.37. The Hall–Kier alpha value is -7.40. The molecule has 27 nitrogen and oxygen atoms in total. The zero-order valence-electron chi connectivity index (χ0n) is 54.0. The van der Waals surface area contributed by atoms with Gasteiger partial charge in [-0.25, -0.2) is 9.59 Å². The average molecular weight is 1280 g/mol.